The van der Waals surface area contributed by atoms with E-state index in [0.29, 0.717) is 19.8 Å². The minimum Gasteiger partial charge on any atom is -0.381 e. The molecule has 1 N–H and O–H groups in total. The van der Waals surface area contributed by atoms with E-state index in [1.165, 1.54) is 16.7 Å². The van der Waals surface area contributed by atoms with E-state index in [1.54, 1.807) is 0 Å². The summed E-state index contributed by atoms with van der Waals surface area (Å²) in [7, 11) is 0. The van der Waals surface area contributed by atoms with Crippen LogP contribution in [0.2, 0.25) is 0 Å². The van der Waals surface area contributed by atoms with E-state index >= 15 is 0 Å². The van der Waals surface area contributed by atoms with Gasteiger partial charge >= 0.3 is 0 Å². The SMILES string of the molecule is O=C(NCc1nnc2n1CCN(Cc1ccc(-c3ccccc3)cc1)CC2)[C@@H]1CCOC1. The molecular formula is C25H29N5O2. The van der Waals surface area contributed by atoms with E-state index in [0.717, 1.165) is 50.7 Å². The molecule has 1 atom stereocenters. The Kier molecular flexibility index (Phi) is 6.27. The molecule has 2 aromatic carbocycles. The zero-order valence-corrected chi connectivity index (χ0v) is 18.2. The maximum Gasteiger partial charge on any atom is 0.225 e. The van der Waals surface area contributed by atoms with Gasteiger partial charge in [0.2, 0.25) is 5.91 Å². The number of rotatable bonds is 6. The number of fused-ring (bicyclic) bond motifs is 1. The van der Waals surface area contributed by atoms with Gasteiger partial charge in [-0.05, 0) is 23.1 Å². The summed E-state index contributed by atoms with van der Waals surface area (Å²) >= 11 is 0. The zero-order chi connectivity index (χ0) is 21.8. The van der Waals surface area contributed by atoms with Crippen LogP contribution >= 0.6 is 0 Å². The van der Waals surface area contributed by atoms with E-state index < -0.39 is 0 Å². The van der Waals surface area contributed by atoms with Crippen molar-refractivity contribution in [2.24, 2.45) is 5.92 Å². The van der Waals surface area contributed by atoms with Crippen molar-refractivity contribution in [3.05, 3.63) is 71.8 Å². The molecule has 166 valence electrons. The number of amides is 1. The normalized spacial score (nSPS) is 18.8. The molecule has 1 fully saturated rings. The number of ether oxygens (including phenoxy) is 1. The monoisotopic (exact) mass is 431 g/mol. The molecule has 3 aromatic rings. The van der Waals surface area contributed by atoms with Crippen molar-refractivity contribution >= 4 is 5.91 Å². The van der Waals surface area contributed by atoms with Gasteiger partial charge in [0.15, 0.2) is 5.82 Å². The lowest BCUT2D eigenvalue weighted by Gasteiger charge is -2.20. The molecule has 2 aliphatic rings. The maximum atomic E-state index is 12.3. The number of nitrogens with one attached hydrogen (secondary N) is 1. The second kappa shape index (κ2) is 9.63. The molecule has 0 radical (unpaired) electrons. The third-order valence-corrected chi connectivity index (χ3v) is 6.38. The summed E-state index contributed by atoms with van der Waals surface area (Å²) in [5.74, 6) is 1.85. The Morgan fingerprint density at radius 2 is 1.81 bits per heavy atom. The van der Waals surface area contributed by atoms with Crippen LogP contribution in [-0.4, -0.2) is 51.9 Å². The average Bonchev–Trinajstić information content (AvgIpc) is 3.47. The highest BCUT2D eigenvalue weighted by Crippen LogP contribution is 2.20. The molecule has 0 aliphatic carbocycles. The fourth-order valence-corrected chi connectivity index (χ4v) is 4.46. The predicted octanol–water partition coefficient (Wildman–Crippen LogP) is 2.66. The Labute approximate surface area is 188 Å². The van der Waals surface area contributed by atoms with Gasteiger partial charge < -0.3 is 14.6 Å². The smallest absolute Gasteiger partial charge is 0.225 e. The standard InChI is InChI=1S/C25H29N5O2/c31-25(22-11-15-32-18-22)26-16-24-28-27-23-10-12-29(13-14-30(23)24)17-19-6-8-21(9-7-19)20-4-2-1-3-5-20/h1-9,22H,10-18H2,(H,26,31)/t22-/m1/s1. The molecule has 32 heavy (non-hydrogen) atoms. The van der Waals surface area contributed by atoms with Crippen molar-refractivity contribution in [3.8, 4) is 11.1 Å². The lowest BCUT2D eigenvalue weighted by molar-refractivity contribution is -0.125. The van der Waals surface area contributed by atoms with Crippen LogP contribution < -0.4 is 5.32 Å². The average molecular weight is 432 g/mol. The number of benzene rings is 2. The number of carbonyl (C=O) groups is 1. The zero-order valence-electron chi connectivity index (χ0n) is 18.2. The second-order valence-corrected chi connectivity index (χ2v) is 8.55. The lowest BCUT2D eigenvalue weighted by Crippen LogP contribution is -2.32. The van der Waals surface area contributed by atoms with Crippen LogP contribution in [0.15, 0.2) is 54.6 Å². The van der Waals surface area contributed by atoms with Gasteiger partial charge in [-0.25, -0.2) is 0 Å². The number of carbonyl (C=O) groups excluding carboxylic acids is 1. The number of hydrogen-bond donors (Lipinski definition) is 1. The van der Waals surface area contributed by atoms with Gasteiger partial charge in [-0.2, -0.15) is 0 Å². The summed E-state index contributed by atoms with van der Waals surface area (Å²) in [4.78, 5) is 14.8. The quantitative estimate of drug-likeness (QED) is 0.650. The van der Waals surface area contributed by atoms with E-state index in [2.05, 4.69) is 73.5 Å². The van der Waals surface area contributed by atoms with Gasteiger partial charge in [0.05, 0.1) is 19.1 Å². The summed E-state index contributed by atoms with van der Waals surface area (Å²) in [6.45, 7) is 5.24. The first-order valence-corrected chi connectivity index (χ1v) is 11.4. The molecule has 7 heteroatoms. The molecule has 7 nitrogen and oxygen atoms in total. The first-order valence-electron chi connectivity index (χ1n) is 11.4. The molecule has 3 heterocycles. The number of nitrogens with zero attached hydrogens (tertiary/aromatic N) is 4. The van der Waals surface area contributed by atoms with E-state index in [9.17, 15) is 4.79 Å². The fourth-order valence-electron chi connectivity index (χ4n) is 4.46. The van der Waals surface area contributed by atoms with E-state index in [1.807, 2.05) is 6.07 Å². The van der Waals surface area contributed by atoms with Crippen LogP contribution in [0.3, 0.4) is 0 Å². The minimum atomic E-state index is -0.0368. The van der Waals surface area contributed by atoms with Crippen molar-refractivity contribution in [2.75, 3.05) is 26.3 Å². The molecule has 0 spiro atoms. The second-order valence-electron chi connectivity index (χ2n) is 8.55. The van der Waals surface area contributed by atoms with Gasteiger partial charge in [-0.3, -0.25) is 9.69 Å². The summed E-state index contributed by atoms with van der Waals surface area (Å²) in [5, 5.41) is 11.7. The predicted molar refractivity (Wildman–Crippen MR) is 122 cm³/mol. The lowest BCUT2D eigenvalue weighted by atomic mass is 10.0. The Morgan fingerprint density at radius 1 is 1.00 bits per heavy atom. The Bertz CT molecular complexity index is 1040. The molecular weight excluding hydrogens is 402 g/mol. The summed E-state index contributed by atoms with van der Waals surface area (Å²) < 4.78 is 7.48. The molecule has 0 unspecified atom stereocenters. The van der Waals surface area contributed by atoms with Crippen LogP contribution in [0.1, 0.15) is 23.6 Å². The summed E-state index contributed by atoms with van der Waals surface area (Å²) in [6.07, 6.45) is 1.66. The third-order valence-electron chi connectivity index (χ3n) is 6.38. The van der Waals surface area contributed by atoms with E-state index in [4.69, 9.17) is 4.74 Å². The minimum absolute atomic E-state index is 0.0368. The summed E-state index contributed by atoms with van der Waals surface area (Å²) in [5.41, 5.74) is 3.80. The van der Waals surface area contributed by atoms with Crippen LogP contribution in [0, 0.1) is 5.92 Å². The third kappa shape index (κ3) is 4.74. The highest BCUT2D eigenvalue weighted by Gasteiger charge is 2.24. The Morgan fingerprint density at radius 3 is 2.59 bits per heavy atom. The van der Waals surface area contributed by atoms with Crippen molar-refractivity contribution < 1.29 is 9.53 Å². The van der Waals surface area contributed by atoms with Crippen molar-refractivity contribution in [1.82, 2.24) is 25.0 Å². The van der Waals surface area contributed by atoms with Crippen molar-refractivity contribution in [2.45, 2.75) is 32.5 Å². The van der Waals surface area contributed by atoms with Crippen LogP contribution in [-0.2, 0) is 35.6 Å². The molecule has 0 bridgehead atoms. The molecule has 2 aliphatic heterocycles. The number of aromatic nitrogens is 3. The van der Waals surface area contributed by atoms with Gasteiger partial charge in [0, 0.05) is 39.2 Å². The molecule has 5 rings (SSSR count). The first-order chi connectivity index (χ1) is 15.8. The van der Waals surface area contributed by atoms with Gasteiger partial charge in [-0.1, -0.05) is 54.6 Å². The Balaban J connectivity index is 1.17. The van der Waals surface area contributed by atoms with Crippen LogP contribution in [0.5, 0.6) is 0 Å². The number of hydrogen-bond acceptors (Lipinski definition) is 5. The maximum absolute atomic E-state index is 12.3. The summed E-state index contributed by atoms with van der Waals surface area (Å²) in [6, 6.07) is 19.3. The van der Waals surface area contributed by atoms with Crippen LogP contribution in [0.4, 0.5) is 0 Å². The largest absolute Gasteiger partial charge is 0.381 e. The highest BCUT2D eigenvalue weighted by atomic mass is 16.5. The van der Waals surface area contributed by atoms with E-state index in [-0.39, 0.29) is 11.8 Å². The first kappa shape index (κ1) is 20.8. The fraction of sp³-hybridized carbons (Fsp3) is 0.400. The van der Waals surface area contributed by atoms with Crippen molar-refractivity contribution in [3.63, 3.8) is 0 Å². The Hall–Kier alpha value is -3.03. The molecule has 1 saturated heterocycles. The molecule has 0 saturated carbocycles. The van der Waals surface area contributed by atoms with Gasteiger partial charge in [-0.15, -0.1) is 10.2 Å². The van der Waals surface area contributed by atoms with Gasteiger partial charge in [0.25, 0.3) is 0 Å². The molecule has 1 aromatic heterocycles. The van der Waals surface area contributed by atoms with Crippen molar-refractivity contribution in [1.29, 1.82) is 0 Å². The highest BCUT2D eigenvalue weighted by molar-refractivity contribution is 5.78. The van der Waals surface area contributed by atoms with Gasteiger partial charge in [0.1, 0.15) is 5.82 Å². The molecule has 1 amide bonds. The topological polar surface area (TPSA) is 72.3 Å². The van der Waals surface area contributed by atoms with Crippen LogP contribution in [0.25, 0.3) is 11.1 Å².